The second-order valence-corrected chi connectivity index (χ2v) is 8.64. The first-order chi connectivity index (χ1) is 12.5. The predicted molar refractivity (Wildman–Crippen MR) is 115 cm³/mol. The van der Waals surface area contributed by atoms with Gasteiger partial charge in [0, 0.05) is 0 Å². The SMILES string of the molecule is CCc1cc(CC)c([Si-](F)c2c(CC)cc(CC)cc2CC)c(CC)c1.[Li+]. The third-order valence-corrected chi connectivity index (χ3v) is 7.66. The molecule has 0 aromatic heterocycles. The first-order valence-corrected chi connectivity index (χ1v) is 11.7. The summed E-state index contributed by atoms with van der Waals surface area (Å²) in [6.45, 7) is 13.0. The van der Waals surface area contributed by atoms with Crippen LogP contribution < -0.4 is 29.2 Å². The van der Waals surface area contributed by atoms with E-state index in [1.165, 1.54) is 33.4 Å². The summed E-state index contributed by atoms with van der Waals surface area (Å²) in [6, 6.07) is 8.99. The van der Waals surface area contributed by atoms with Crippen molar-refractivity contribution in [3.63, 3.8) is 0 Å². The quantitative estimate of drug-likeness (QED) is 0.489. The average Bonchev–Trinajstić information content (AvgIpc) is 2.70. The Bertz CT molecular complexity index is 641. The minimum Gasteiger partial charge on any atom is -0.483 e. The third kappa shape index (κ3) is 5.17. The Kier molecular flexibility index (Phi) is 10.1. The summed E-state index contributed by atoms with van der Waals surface area (Å²) < 4.78 is 16.2. The zero-order chi connectivity index (χ0) is 19.3. The monoisotopic (exact) mass is 376 g/mol. The molecule has 0 fully saturated rings. The van der Waals surface area contributed by atoms with Crippen LogP contribution >= 0.6 is 0 Å². The summed E-state index contributed by atoms with van der Waals surface area (Å²) in [6.07, 6.45) is 5.66. The van der Waals surface area contributed by atoms with Gasteiger partial charge in [-0.15, -0.1) is 0 Å². The van der Waals surface area contributed by atoms with E-state index in [2.05, 4.69) is 65.8 Å². The zero-order valence-corrected chi connectivity index (χ0v) is 19.4. The number of halogens is 1. The van der Waals surface area contributed by atoms with Gasteiger partial charge in [0.2, 0.25) is 0 Å². The molecule has 0 spiro atoms. The van der Waals surface area contributed by atoms with Gasteiger partial charge in [-0.1, -0.05) is 97.2 Å². The molecule has 2 aromatic carbocycles. The maximum absolute atomic E-state index is 16.2. The molecule has 142 valence electrons. The van der Waals surface area contributed by atoms with E-state index in [0.717, 1.165) is 48.9 Å². The van der Waals surface area contributed by atoms with E-state index in [-0.39, 0.29) is 18.9 Å². The number of aryl methyl sites for hydroxylation is 6. The Morgan fingerprint density at radius 1 is 0.556 bits per heavy atom. The summed E-state index contributed by atoms with van der Waals surface area (Å²) in [5.41, 5.74) is 7.57. The fourth-order valence-electron chi connectivity index (χ4n) is 3.89. The third-order valence-electron chi connectivity index (χ3n) is 5.50. The molecule has 0 saturated heterocycles. The van der Waals surface area contributed by atoms with Gasteiger partial charge in [0.15, 0.2) is 0 Å². The molecule has 0 bridgehead atoms. The molecule has 27 heavy (non-hydrogen) atoms. The number of benzene rings is 2. The van der Waals surface area contributed by atoms with Crippen LogP contribution in [0.5, 0.6) is 0 Å². The maximum Gasteiger partial charge on any atom is 1.00 e. The second kappa shape index (κ2) is 11.3. The van der Waals surface area contributed by atoms with Crippen LogP contribution in [0.25, 0.3) is 0 Å². The van der Waals surface area contributed by atoms with E-state index >= 15 is 4.11 Å². The fraction of sp³-hybridized carbons (Fsp3) is 0.500. The van der Waals surface area contributed by atoms with Crippen LogP contribution in [0.15, 0.2) is 24.3 Å². The molecule has 0 unspecified atom stereocenters. The summed E-state index contributed by atoms with van der Waals surface area (Å²) in [7, 11) is -2.26. The van der Waals surface area contributed by atoms with Crippen molar-refractivity contribution in [2.24, 2.45) is 0 Å². The largest absolute Gasteiger partial charge is 1.00 e. The van der Waals surface area contributed by atoms with Crippen molar-refractivity contribution >= 4 is 19.5 Å². The van der Waals surface area contributed by atoms with E-state index in [1.807, 2.05) is 0 Å². The molecule has 0 N–H and O–H groups in total. The molecular formula is C24H34FLiSi. The molecule has 0 nitrogen and oxygen atoms in total. The Hall–Kier alpha value is -0.816. The molecule has 0 saturated carbocycles. The molecule has 0 radical (unpaired) electrons. The van der Waals surface area contributed by atoms with E-state index < -0.39 is 9.13 Å². The first-order valence-electron chi connectivity index (χ1n) is 10.4. The summed E-state index contributed by atoms with van der Waals surface area (Å²) in [5.74, 6) is 0. The van der Waals surface area contributed by atoms with Gasteiger partial charge < -0.3 is 4.11 Å². The van der Waals surface area contributed by atoms with Gasteiger partial charge in [0.1, 0.15) is 0 Å². The molecule has 0 heterocycles. The Balaban J connectivity index is 0.00000364. The number of rotatable bonds is 8. The molecule has 0 aliphatic carbocycles. The topological polar surface area (TPSA) is 0 Å². The Morgan fingerprint density at radius 3 is 1.00 bits per heavy atom. The van der Waals surface area contributed by atoms with Crippen LogP contribution in [0, 0.1) is 0 Å². The normalized spacial score (nSPS) is 10.6. The minimum atomic E-state index is -2.26. The van der Waals surface area contributed by atoms with E-state index in [9.17, 15) is 0 Å². The van der Waals surface area contributed by atoms with Crippen molar-refractivity contribution in [3.8, 4) is 0 Å². The molecule has 0 aliphatic rings. The van der Waals surface area contributed by atoms with Crippen LogP contribution in [0.3, 0.4) is 0 Å². The Labute approximate surface area is 179 Å². The van der Waals surface area contributed by atoms with Crippen LogP contribution in [0.1, 0.15) is 74.9 Å². The van der Waals surface area contributed by atoms with E-state index in [4.69, 9.17) is 0 Å². The molecular weight excluding hydrogens is 342 g/mol. The second-order valence-electron chi connectivity index (χ2n) is 7.01. The summed E-state index contributed by atoms with van der Waals surface area (Å²) in [4.78, 5) is 0. The Morgan fingerprint density at radius 2 is 0.815 bits per heavy atom. The van der Waals surface area contributed by atoms with Crippen LogP contribution in [-0.2, 0) is 38.5 Å². The zero-order valence-electron chi connectivity index (χ0n) is 18.4. The molecule has 0 atom stereocenters. The van der Waals surface area contributed by atoms with Gasteiger partial charge in [-0.2, -0.15) is 10.4 Å². The molecule has 2 aromatic rings. The van der Waals surface area contributed by atoms with Crippen molar-refractivity contribution in [3.05, 3.63) is 57.6 Å². The van der Waals surface area contributed by atoms with Crippen molar-refractivity contribution in [2.75, 3.05) is 0 Å². The predicted octanol–water partition coefficient (Wildman–Crippen LogP) is 2.14. The van der Waals surface area contributed by atoms with Gasteiger partial charge in [-0.05, 0) is 49.7 Å². The number of hydrogen-bond acceptors (Lipinski definition) is 0. The smallest absolute Gasteiger partial charge is 0.483 e. The molecule has 2 rings (SSSR count). The van der Waals surface area contributed by atoms with Crippen molar-refractivity contribution in [1.29, 1.82) is 0 Å². The van der Waals surface area contributed by atoms with Gasteiger partial charge >= 0.3 is 18.9 Å². The average molecular weight is 377 g/mol. The van der Waals surface area contributed by atoms with Crippen molar-refractivity contribution in [1.82, 2.24) is 0 Å². The minimum absolute atomic E-state index is 0. The van der Waals surface area contributed by atoms with Gasteiger partial charge in [-0.3, -0.25) is 0 Å². The van der Waals surface area contributed by atoms with Crippen molar-refractivity contribution < 1.29 is 23.0 Å². The van der Waals surface area contributed by atoms with E-state index in [0.29, 0.717) is 0 Å². The number of hydrogen-bond donors (Lipinski definition) is 0. The first kappa shape index (κ1) is 24.2. The van der Waals surface area contributed by atoms with E-state index in [1.54, 1.807) is 0 Å². The molecule has 0 aliphatic heterocycles. The fourth-order valence-corrected chi connectivity index (χ4v) is 6.27. The summed E-state index contributed by atoms with van der Waals surface area (Å²) >= 11 is 0. The summed E-state index contributed by atoms with van der Waals surface area (Å²) in [5, 5.41) is 2.07. The van der Waals surface area contributed by atoms with Gasteiger partial charge in [-0.25, -0.2) is 0 Å². The maximum atomic E-state index is 16.2. The standard InChI is InChI=1S/C24H34FSi.Li/c1-7-17-13-19(9-3)23(20(10-4)14-17)26(25)24-21(11-5)15-18(8-2)16-22(24)12-6;/h13-16H,7-12H2,1-6H3;/q-1;+1. The van der Waals surface area contributed by atoms with Crippen molar-refractivity contribution in [2.45, 2.75) is 80.1 Å². The van der Waals surface area contributed by atoms with Gasteiger partial charge in [0.05, 0.1) is 0 Å². The van der Waals surface area contributed by atoms with Gasteiger partial charge in [0.25, 0.3) is 0 Å². The van der Waals surface area contributed by atoms with Crippen LogP contribution in [-0.4, -0.2) is 9.13 Å². The molecule has 0 amide bonds. The van der Waals surface area contributed by atoms with Crippen LogP contribution in [0.2, 0.25) is 0 Å². The molecule has 3 heteroatoms. The van der Waals surface area contributed by atoms with Crippen LogP contribution in [0.4, 0.5) is 4.11 Å².